The van der Waals surface area contributed by atoms with Crippen molar-refractivity contribution < 1.29 is 0 Å². The third-order valence-electron chi connectivity index (χ3n) is 2.68. The minimum absolute atomic E-state index is 0.398. The third-order valence-corrected chi connectivity index (χ3v) is 2.68. The van der Waals surface area contributed by atoms with Crippen molar-refractivity contribution >= 4 is 11.8 Å². The lowest BCUT2D eigenvalue weighted by molar-refractivity contribution is 0.916. The van der Waals surface area contributed by atoms with E-state index in [4.69, 9.17) is 0 Å². The lowest BCUT2D eigenvalue weighted by Gasteiger charge is -2.32. The van der Waals surface area contributed by atoms with Crippen LogP contribution in [0.15, 0.2) is 54.8 Å². The Kier molecular flexibility index (Phi) is 1.57. The number of fused-ring (bicyclic) bond motifs is 3. The van der Waals surface area contributed by atoms with Crippen molar-refractivity contribution in [1.29, 1.82) is 0 Å². The van der Waals surface area contributed by atoms with Crippen LogP contribution < -0.4 is 4.90 Å². The molecule has 1 atom stereocenters. The standard InChI is InChI=1S/C13H11N/c1-2-7-13-11(5-1)8-9-12-6-3-4-10-14(12)13/h1-10,12H. The van der Waals surface area contributed by atoms with E-state index in [-0.39, 0.29) is 0 Å². The Morgan fingerprint density at radius 2 is 1.93 bits per heavy atom. The molecule has 1 unspecified atom stereocenters. The van der Waals surface area contributed by atoms with Crippen LogP contribution in [-0.2, 0) is 0 Å². The van der Waals surface area contributed by atoms with E-state index < -0.39 is 0 Å². The third kappa shape index (κ3) is 1.02. The molecule has 0 N–H and O–H groups in total. The van der Waals surface area contributed by atoms with Gasteiger partial charge in [-0.1, -0.05) is 42.5 Å². The van der Waals surface area contributed by atoms with E-state index in [2.05, 4.69) is 65.7 Å². The summed E-state index contributed by atoms with van der Waals surface area (Å²) in [6, 6.07) is 8.87. The van der Waals surface area contributed by atoms with Gasteiger partial charge in [0.1, 0.15) is 0 Å². The highest BCUT2D eigenvalue weighted by atomic mass is 15.1. The van der Waals surface area contributed by atoms with Crippen LogP contribution in [0.2, 0.25) is 0 Å². The lowest BCUT2D eigenvalue weighted by atomic mass is 10.0. The van der Waals surface area contributed by atoms with E-state index in [1.807, 2.05) is 0 Å². The molecule has 0 aliphatic carbocycles. The summed E-state index contributed by atoms with van der Waals surface area (Å²) in [6.07, 6.45) is 12.9. The van der Waals surface area contributed by atoms with E-state index in [0.717, 1.165) is 0 Å². The van der Waals surface area contributed by atoms with Crippen LogP contribution in [-0.4, -0.2) is 6.04 Å². The molecule has 3 rings (SSSR count). The largest absolute Gasteiger partial charge is 0.337 e. The lowest BCUT2D eigenvalue weighted by Crippen LogP contribution is -2.30. The summed E-state index contributed by atoms with van der Waals surface area (Å²) in [6.45, 7) is 0. The Morgan fingerprint density at radius 1 is 1.00 bits per heavy atom. The zero-order chi connectivity index (χ0) is 9.38. The van der Waals surface area contributed by atoms with Crippen LogP contribution in [0.3, 0.4) is 0 Å². The van der Waals surface area contributed by atoms with Gasteiger partial charge in [0.2, 0.25) is 0 Å². The molecule has 0 amide bonds. The van der Waals surface area contributed by atoms with Crippen LogP contribution in [0, 0.1) is 0 Å². The summed E-state index contributed by atoms with van der Waals surface area (Å²) in [5, 5.41) is 0. The second-order valence-corrected chi connectivity index (χ2v) is 3.54. The van der Waals surface area contributed by atoms with Gasteiger partial charge in [0, 0.05) is 11.9 Å². The molecule has 2 aliphatic heterocycles. The molecule has 0 aromatic heterocycles. The van der Waals surface area contributed by atoms with Gasteiger partial charge in [0.25, 0.3) is 0 Å². The van der Waals surface area contributed by atoms with Crippen LogP contribution in [0.5, 0.6) is 0 Å². The van der Waals surface area contributed by atoms with Crippen LogP contribution >= 0.6 is 0 Å². The first-order valence-corrected chi connectivity index (χ1v) is 4.86. The molecule has 14 heavy (non-hydrogen) atoms. The molecule has 68 valence electrons. The summed E-state index contributed by atoms with van der Waals surface area (Å²) < 4.78 is 0. The summed E-state index contributed by atoms with van der Waals surface area (Å²) in [5.74, 6) is 0. The monoisotopic (exact) mass is 181 g/mol. The highest BCUT2D eigenvalue weighted by Gasteiger charge is 2.18. The number of hydrogen-bond acceptors (Lipinski definition) is 1. The van der Waals surface area contributed by atoms with Gasteiger partial charge in [-0.15, -0.1) is 0 Å². The number of allylic oxidation sites excluding steroid dienone is 2. The van der Waals surface area contributed by atoms with Gasteiger partial charge in [-0.2, -0.15) is 0 Å². The Bertz CT molecular complexity index is 440. The molecule has 1 heteroatoms. The maximum atomic E-state index is 2.29. The van der Waals surface area contributed by atoms with Crippen molar-refractivity contribution in [2.24, 2.45) is 0 Å². The molecule has 0 fully saturated rings. The zero-order valence-electron chi connectivity index (χ0n) is 7.80. The van der Waals surface area contributed by atoms with E-state index in [0.29, 0.717) is 6.04 Å². The fourth-order valence-electron chi connectivity index (χ4n) is 1.98. The van der Waals surface area contributed by atoms with Crippen LogP contribution in [0.4, 0.5) is 5.69 Å². The fourth-order valence-corrected chi connectivity index (χ4v) is 1.98. The van der Waals surface area contributed by atoms with E-state index in [1.54, 1.807) is 0 Å². The Balaban J connectivity index is 2.15. The van der Waals surface area contributed by atoms with Gasteiger partial charge in [0.15, 0.2) is 0 Å². The average Bonchev–Trinajstić information content (AvgIpc) is 2.29. The van der Waals surface area contributed by atoms with Crippen LogP contribution in [0.25, 0.3) is 6.08 Å². The smallest absolute Gasteiger partial charge is 0.0706 e. The predicted octanol–water partition coefficient (Wildman–Crippen LogP) is 2.97. The molecule has 1 aromatic rings. The molecule has 0 saturated carbocycles. The Hall–Kier alpha value is -1.76. The summed E-state index contributed by atoms with van der Waals surface area (Å²) >= 11 is 0. The van der Waals surface area contributed by atoms with Gasteiger partial charge >= 0.3 is 0 Å². The highest BCUT2D eigenvalue weighted by Crippen LogP contribution is 2.30. The minimum Gasteiger partial charge on any atom is -0.337 e. The van der Waals surface area contributed by atoms with E-state index in [1.165, 1.54) is 11.3 Å². The Labute approximate surface area is 83.7 Å². The number of benzene rings is 1. The van der Waals surface area contributed by atoms with Crippen molar-refractivity contribution in [2.45, 2.75) is 6.04 Å². The van der Waals surface area contributed by atoms with Gasteiger partial charge in [0.05, 0.1) is 6.04 Å². The first kappa shape index (κ1) is 7.63. The van der Waals surface area contributed by atoms with Gasteiger partial charge < -0.3 is 4.90 Å². The molecule has 1 aromatic carbocycles. The zero-order valence-corrected chi connectivity index (χ0v) is 7.80. The van der Waals surface area contributed by atoms with Gasteiger partial charge in [-0.25, -0.2) is 0 Å². The van der Waals surface area contributed by atoms with Gasteiger partial charge in [-0.05, 0) is 17.7 Å². The van der Waals surface area contributed by atoms with Crippen molar-refractivity contribution in [3.8, 4) is 0 Å². The molecule has 0 spiro atoms. The molecular weight excluding hydrogens is 170 g/mol. The quantitative estimate of drug-likeness (QED) is 0.594. The molecular formula is C13H11N. The normalized spacial score (nSPS) is 22.0. The number of anilines is 1. The summed E-state index contributed by atoms with van der Waals surface area (Å²) in [7, 11) is 0. The van der Waals surface area contributed by atoms with Crippen molar-refractivity contribution in [2.75, 3.05) is 4.90 Å². The molecule has 2 aliphatic rings. The van der Waals surface area contributed by atoms with Crippen molar-refractivity contribution in [3.63, 3.8) is 0 Å². The number of para-hydroxylation sites is 1. The SMILES string of the molecule is C1=CC2C=Cc3ccccc3N2C=C1. The van der Waals surface area contributed by atoms with Crippen molar-refractivity contribution in [3.05, 3.63) is 60.3 Å². The first-order chi connectivity index (χ1) is 6.95. The number of hydrogen-bond donors (Lipinski definition) is 0. The first-order valence-electron chi connectivity index (χ1n) is 4.86. The minimum atomic E-state index is 0.398. The maximum Gasteiger partial charge on any atom is 0.0706 e. The van der Waals surface area contributed by atoms with Gasteiger partial charge in [-0.3, -0.25) is 0 Å². The molecule has 0 saturated heterocycles. The molecule has 2 heterocycles. The molecule has 1 nitrogen and oxygen atoms in total. The summed E-state index contributed by atoms with van der Waals surface area (Å²) in [5.41, 5.74) is 2.59. The second kappa shape index (κ2) is 2.88. The maximum absolute atomic E-state index is 2.29. The highest BCUT2D eigenvalue weighted by molar-refractivity contribution is 5.74. The molecule has 0 radical (unpaired) electrons. The van der Waals surface area contributed by atoms with E-state index >= 15 is 0 Å². The Morgan fingerprint density at radius 3 is 2.93 bits per heavy atom. The number of nitrogens with zero attached hydrogens (tertiary/aromatic N) is 1. The van der Waals surface area contributed by atoms with E-state index in [9.17, 15) is 0 Å². The van der Waals surface area contributed by atoms with Crippen molar-refractivity contribution in [1.82, 2.24) is 0 Å². The second-order valence-electron chi connectivity index (χ2n) is 3.54. The number of rotatable bonds is 0. The average molecular weight is 181 g/mol. The predicted molar refractivity (Wildman–Crippen MR) is 60.0 cm³/mol. The van der Waals surface area contributed by atoms with Crippen LogP contribution in [0.1, 0.15) is 5.56 Å². The molecule has 0 bridgehead atoms. The topological polar surface area (TPSA) is 3.24 Å². The summed E-state index contributed by atoms with van der Waals surface area (Å²) in [4.78, 5) is 2.29. The fraction of sp³-hybridized carbons (Fsp3) is 0.0769.